The summed E-state index contributed by atoms with van der Waals surface area (Å²) in [6.45, 7) is 0. The number of nitrogens with one attached hydrogen (secondary N) is 1. The lowest BCUT2D eigenvalue weighted by atomic mass is 10.1. The van der Waals surface area contributed by atoms with Crippen molar-refractivity contribution >= 4 is 51.7 Å². The van der Waals surface area contributed by atoms with Gasteiger partial charge in [-0.1, -0.05) is 56.3 Å². The first-order chi connectivity index (χ1) is 17.5. The van der Waals surface area contributed by atoms with Crippen LogP contribution in [0.15, 0.2) is 88.2 Å². The van der Waals surface area contributed by atoms with E-state index in [-0.39, 0.29) is 10.6 Å². The Morgan fingerprint density at radius 1 is 1.08 bits per heavy atom. The van der Waals surface area contributed by atoms with Crippen molar-refractivity contribution in [2.24, 2.45) is 5.14 Å². The molecule has 0 aliphatic heterocycles. The van der Waals surface area contributed by atoms with E-state index in [2.05, 4.69) is 26.3 Å². The number of sulfonamides is 1. The molecule has 0 fully saturated rings. The minimum atomic E-state index is -3.90. The molecule has 3 aromatic carbocycles. The molecule has 2 atom stereocenters. The van der Waals surface area contributed by atoms with E-state index in [1.807, 2.05) is 0 Å². The second kappa shape index (κ2) is 11.2. The Kier molecular flexibility index (Phi) is 8.20. The van der Waals surface area contributed by atoms with Crippen LogP contribution < -0.4 is 10.5 Å². The fourth-order valence-corrected chi connectivity index (χ4v) is 4.64. The first-order valence-corrected chi connectivity index (χ1v) is 14.2. The molecule has 4 rings (SSSR count). The second-order valence-electron chi connectivity index (χ2n) is 7.62. The van der Waals surface area contributed by atoms with Gasteiger partial charge >= 0.3 is 8.25 Å². The molecule has 0 spiro atoms. The largest absolute Gasteiger partial charge is 0.697 e. The number of carbonyl (C=O) groups is 1. The predicted octanol–water partition coefficient (Wildman–Crippen LogP) is 4.70. The highest BCUT2D eigenvalue weighted by Gasteiger charge is 2.28. The van der Waals surface area contributed by atoms with Crippen LogP contribution in [0.4, 0.5) is 0 Å². The zero-order valence-electron chi connectivity index (χ0n) is 18.7. The van der Waals surface area contributed by atoms with Crippen LogP contribution in [0, 0.1) is 0 Å². The van der Waals surface area contributed by atoms with Gasteiger partial charge in [0.2, 0.25) is 16.3 Å². The monoisotopic (exact) mass is 623 g/mol. The van der Waals surface area contributed by atoms with E-state index in [1.165, 1.54) is 35.0 Å². The van der Waals surface area contributed by atoms with Gasteiger partial charge in [-0.15, -0.1) is 4.89 Å². The topological polar surface area (TPSA) is 154 Å². The number of carbonyl (C=O) groups excluding carboxylic acids is 1. The fourth-order valence-electron chi connectivity index (χ4n) is 3.38. The summed E-state index contributed by atoms with van der Waals surface area (Å²) in [6, 6.07) is 20.6. The Morgan fingerprint density at radius 3 is 2.27 bits per heavy atom. The summed E-state index contributed by atoms with van der Waals surface area (Å²) in [5.41, 5.74) is 2.03. The Morgan fingerprint density at radius 2 is 1.70 bits per heavy atom. The Labute approximate surface area is 226 Å². The highest BCUT2D eigenvalue weighted by molar-refractivity contribution is 9.10. The van der Waals surface area contributed by atoms with Crippen molar-refractivity contribution in [1.82, 2.24) is 15.1 Å². The first kappa shape index (κ1) is 27.1. The molecule has 0 aliphatic rings. The molecule has 0 aliphatic carbocycles. The lowest BCUT2D eigenvalue weighted by Gasteiger charge is -2.12. The minimum absolute atomic E-state index is 0.0284. The number of amides is 1. The molecule has 1 heterocycles. The maximum atomic E-state index is 13.2. The van der Waals surface area contributed by atoms with Crippen molar-refractivity contribution in [2.75, 3.05) is 0 Å². The lowest BCUT2D eigenvalue weighted by Crippen LogP contribution is -2.29. The molecule has 0 saturated heterocycles. The van der Waals surface area contributed by atoms with Gasteiger partial charge in [-0.05, 0) is 54.6 Å². The smallest absolute Gasteiger partial charge is 0.317 e. The number of nitrogens with two attached hydrogens (primary N) is 1. The Balaban J connectivity index is 1.73. The third-order valence-corrected chi connectivity index (χ3v) is 7.22. The number of rotatable bonds is 8. The average molecular weight is 625 g/mol. The molecule has 10 nitrogen and oxygen atoms in total. The van der Waals surface area contributed by atoms with Gasteiger partial charge < -0.3 is 5.32 Å². The molecule has 1 amide bonds. The van der Waals surface area contributed by atoms with Crippen molar-refractivity contribution in [2.45, 2.75) is 11.1 Å². The normalized spacial score (nSPS) is 12.7. The van der Waals surface area contributed by atoms with E-state index in [0.29, 0.717) is 27.5 Å². The van der Waals surface area contributed by atoms with Gasteiger partial charge in [-0.25, -0.2) is 18.2 Å². The lowest BCUT2D eigenvalue weighted by molar-refractivity contribution is 0.0817. The van der Waals surface area contributed by atoms with Gasteiger partial charge in [0.05, 0.1) is 16.3 Å². The zero-order valence-corrected chi connectivity index (χ0v) is 22.7. The van der Waals surface area contributed by atoms with Crippen LogP contribution in [0.3, 0.4) is 0 Å². The average Bonchev–Trinajstić information content (AvgIpc) is 3.29. The van der Waals surface area contributed by atoms with Gasteiger partial charge in [0.15, 0.2) is 5.69 Å². The van der Waals surface area contributed by atoms with Crippen LogP contribution in [0.25, 0.3) is 16.9 Å². The molecular weight excluding hydrogens is 607 g/mol. The summed E-state index contributed by atoms with van der Waals surface area (Å²) >= 11 is 9.33. The van der Waals surface area contributed by atoms with Crippen LogP contribution in [0.2, 0.25) is 5.02 Å². The zero-order chi connectivity index (χ0) is 26.7. The summed E-state index contributed by atoms with van der Waals surface area (Å²) in [5.74, 6) is -0.681. The predicted molar refractivity (Wildman–Crippen MR) is 141 cm³/mol. The van der Waals surface area contributed by atoms with E-state index in [0.717, 1.165) is 4.47 Å². The van der Waals surface area contributed by atoms with Crippen molar-refractivity contribution in [3.8, 4) is 16.9 Å². The van der Waals surface area contributed by atoms with Gasteiger partial charge in [0, 0.05) is 25.2 Å². The standard InChI is InChI=1S/C23H17BrClN4O6PS/c24-16-5-1-15(2-6-16)23(35-36(31)32)27-22(30)20-13-21(14-3-7-17(25)8-4-14)29(28-20)18-9-11-19(12-10-18)37(26,33)34/h1-13,23H,(H3-,26,27,30,31,32,33,34)/p+1. The summed E-state index contributed by atoms with van der Waals surface area (Å²) < 4.78 is 42.0. The van der Waals surface area contributed by atoms with E-state index in [4.69, 9.17) is 21.3 Å². The van der Waals surface area contributed by atoms with Crippen LogP contribution in [0.5, 0.6) is 0 Å². The number of hydrogen-bond acceptors (Lipinski definition) is 6. The third kappa shape index (κ3) is 6.68. The first-order valence-electron chi connectivity index (χ1n) is 10.4. The van der Waals surface area contributed by atoms with Crippen LogP contribution in [0.1, 0.15) is 22.3 Å². The molecule has 4 aromatic rings. The SMILES string of the molecule is NS(=O)(=O)c1ccc(-n2nc(C(=O)NC(O[P+](=O)O)c3ccc(Br)cc3)cc2-c2ccc(Cl)cc2)cc1. The van der Waals surface area contributed by atoms with E-state index in [9.17, 15) is 22.7 Å². The fraction of sp³-hybridized carbons (Fsp3) is 0.0435. The van der Waals surface area contributed by atoms with Crippen LogP contribution in [-0.2, 0) is 19.1 Å². The van der Waals surface area contributed by atoms with Gasteiger partial charge in [0.25, 0.3) is 5.91 Å². The number of hydrogen-bond donors (Lipinski definition) is 3. The number of aromatic nitrogens is 2. The number of benzene rings is 3. The highest BCUT2D eigenvalue weighted by Crippen LogP contribution is 2.29. The molecule has 1 aromatic heterocycles. The molecule has 0 saturated carbocycles. The molecule has 0 bridgehead atoms. The minimum Gasteiger partial charge on any atom is -0.317 e. The summed E-state index contributed by atoms with van der Waals surface area (Å²) in [6.07, 6.45) is -1.23. The number of nitrogens with zero attached hydrogens (tertiary/aromatic N) is 2. The molecule has 14 heteroatoms. The number of halogens is 2. The van der Waals surface area contributed by atoms with Crippen molar-refractivity contribution < 1.29 is 27.2 Å². The van der Waals surface area contributed by atoms with Gasteiger partial charge in [0.1, 0.15) is 0 Å². The van der Waals surface area contributed by atoms with Gasteiger partial charge in [-0.3, -0.25) is 4.79 Å². The highest BCUT2D eigenvalue weighted by atomic mass is 79.9. The second-order valence-corrected chi connectivity index (χ2v) is 11.2. The van der Waals surface area contributed by atoms with Crippen molar-refractivity contribution in [3.05, 3.63) is 99.6 Å². The summed E-state index contributed by atoms with van der Waals surface area (Å²) in [4.78, 5) is 22.4. The van der Waals surface area contributed by atoms with E-state index in [1.54, 1.807) is 48.5 Å². The van der Waals surface area contributed by atoms with Crippen molar-refractivity contribution in [1.29, 1.82) is 0 Å². The maximum Gasteiger partial charge on any atom is 0.697 e. The number of primary sulfonamides is 1. The van der Waals surface area contributed by atoms with E-state index < -0.39 is 30.4 Å². The molecule has 190 valence electrons. The summed E-state index contributed by atoms with van der Waals surface area (Å²) in [7, 11) is -6.93. The molecule has 4 N–H and O–H groups in total. The van der Waals surface area contributed by atoms with E-state index >= 15 is 0 Å². The van der Waals surface area contributed by atoms with Crippen LogP contribution in [-0.4, -0.2) is 29.0 Å². The molecule has 37 heavy (non-hydrogen) atoms. The van der Waals surface area contributed by atoms with Gasteiger partial charge in [-0.2, -0.15) is 5.10 Å². The Bertz CT molecular complexity index is 1560. The summed E-state index contributed by atoms with van der Waals surface area (Å²) in [5, 5.41) is 12.7. The quantitative estimate of drug-likeness (QED) is 0.190. The Hall–Kier alpha value is -2.96. The van der Waals surface area contributed by atoms with Crippen molar-refractivity contribution in [3.63, 3.8) is 0 Å². The van der Waals surface area contributed by atoms with Crippen LogP contribution >= 0.6 is 35.8 Å². The maximum absolute atomic E-state index is 13.2. The molecule has 2 unspecified atom stereocenters. The third-order valence-electron chi connectivity index (χ3n) is 5.12. The molecule has 0 radical (unpaired) electrons. The molecular formula is C23H18BrClN4O6PS+.